The number of carbonyl (C=O) groups excluding carboxylic acids is 1. The second kappa shape index (κ2) is 3.95. The molecule has 2 heteroatoms. The van der Waals surface area contributed by atoms with Gasteiger partial charge >= 0.3 is 5.97 Å². The Balaban J connectivity index is 2.18. The van der Waals surface area contributed by atoms with Crippen molar-refractivity contribution in [2.45, 2.75) is 18.3 Å². The van der Waals surface area contributed by atoms with Crippen LogP contribution in [0.4, 0.5) is 0 Å². The van der Waals surface area contributed by atoms with Gasteiger partial charge in [0.2, 0.25) is 0 Å². The zero-order valence-electron chi connectivity index (χ0n) is 11.0. The monoisotopic (exact) mass is 252 g/mol. The van der Waals surface area contributed by atoms with Gasteiger partial charge in [0.05, 0.1) is 12.7 Å². The van der Waals surface area contributed by atoms with Gasteiger partial charge in [0, 0.05) is 11.8 Å². The number of rotatable bonds is 1. The van der Waals surface area contributed by atoms with E-state index in [4.69, 9.17) is 4.74 Å². The molecule has 2 bridgehead atoms. The summed E-state index contributed by atoms with van der Waals surface area (Å²) in [5, 5.41) is 0. The molecule has 0 aliphatic heterocycles. The van der Waals surface area contributed by atoms with Gasteiger partial charge in [0.15, 0.2) is 0 Å². The number of methoxy groups -OCH3 is 1. The van der Waals surface area contributed by atoms with E-state index in [1.807, 2.05) is 18.2 Å². The lowest BCUT2D eigenvalue weighted by Gasteiger charge is -2.43. The van der Waals surface area contributed by atoms with Crippen LogP contribution < -0.4 is 0 Å². The van der Waals surface area contributed by atoms with Crippen LogP contribution >= 0.6 is 0 Å². The summed E-state index contributed by atoms with van der Waals surface area (Å²) in [5.74, 6) is 0.0799. The highest BCUT2D eigenvalue weighted by Gasteiger charge is 2.40. The molecule has 19 heavy (non-hydrogen) atoms. The zero-order chi connectivity index (χ0) is 13.7. The highest BCUT2D eigenvalue weighted by molar-refractivity contribution is 5.90. The first-order valence-corrected chi connectivity index (χ1v) is 6.32. The van der Waals surface area contributed by atoms with Crippen molar-refractivity contribution in [2.24, 2.45) is 0 Å². The highest BCUT2D eigenvalue weighted by Crippen LogP contribution is 2.56. The lowest BCUT2D eigenvalue weighted by Crippen LogP contribution is -2.27. The van der Waals surface area contributed by atoms with E-state index in [2.05, 4.69) is 19.7 Å². The molecule has 1 saturated carbocycles. The summed E-state index contributed by atoms with van der Waals surface area (Å²) in [7, 11) is 1.40. The van der Waals surface area contributed by atoms with Crippen molar-refractivity contribution in [3.05, 3.63) is 71.3 Å². The van der Waals surface area contributed by atoms with Crippen molar-refractivity contribution in [2.75, 3.05) is 7.11 Å². The fourth-order valence-corrected chi connectivity index (χ4v) is 3.25. The van der Waals surface area contributed by atoms with E-state index < -0.39 is 0 Å². The number of ether oxygens (including phenoxy) is 1. The minimum absolute atomic E-state index is 0.166. The molecular formula is C17H16O2. The summed E-state index contributed by atoms with van der Waals surface area (Å²) in [6, 6.07) is 5.75. The smallest absolute Gasteiger partial charge is 0.337 e. The zero-order valence-corrected chi connectivity index (χ0v) is 11.0. The predicted octanol–water partition coefficient (Wildman–Crippen LogP) is 3.73. The number of hydrogen-bond acceptors (Lipinski definition) is 2. The van der Waals surface area contributed by atoms with E-state index in [9.17, 15) is 4.79 Å². The van der Waals surface area contributed by atoms with Gasteiger partial charge in [-0.25, -0.2) is 4.79 Å². The van der Waals surface area contributed by atoms with Crippen LogP contribution in [0, 0.1) is 0 Å². The molecule has 96 valence electrons. The third-order valence-electron chi connectivity index (χ3n) is 4.25. The summed E-state index contributed by atoms with van der Waals surface area (Å²) in [5.41, 5.74) is 6.33. The van der Waals surface area contributed by atoms with Gasteiger partial charge in [-0.05, 0) is 40.8 Å². The number of hydrogen-bond donors (Lipinski definition) is 0. The van der Waals surface area contributed by atoms with Crippen LogP contribution in [-0.4, -0.2) is 13.1 Å². The normalized spacial score (nSPS) is 24.4. The van der Waals surface area contributed by atoms with Crippen molar-refractivity contribution in [1.82, 2.24) is 0 Å². The Morgan fingerprint density at radius 2 is 1.95 bits per heavy atom. The Kier molecular flexibility index (Phi) is 2.49. The molecule has 0 N–H and O–H groups in total. The Labute approximate surface area is 113 Å². The third kappa shape index (κ3) is 1.53. The van der Waals surface area contributed by atoms with Crippen LogP contribution in [0.1, 0.15) is 39.7 Å². The number of carbonyl (C=O) groups is 1. The quantitative estimate of drug-likeness (QED) is 0.562. The van der Waals surface area contributed by atoms with Crippen LogP contribution in [0.15, 0.2) is 54.7 Å². The number of esters is 1. The van der Waals surface area contributed by atoms with Crippen molar-refractivity contribution in [3.63, 3.8) is 0 Å². The van der Waals surface area contributed by atoms with Gasteiger partial charge in [0.25, 0.3) is 0 Å². The van der Waals surface area contributed by atoms with Crippen LogP contribution in [0.2, 0.25) is 0 Å². The summed E-state index contributed by atoms with van der Waals surface area (Å²) in [6.45, 7) is 12.5. The van der Waals surface area contributed by atoms with Crippen molar-refractivity contribution in [3.8, 4) is 0 Å². The summed E-state index contributed by atoms with van der Waals surface area (Å²) < 4.78 is 4.78. The van der Waals surface area contributed by atoms with E-state index in [1.54, 1.807) is 0 Å². The maximum absolute atomic E-state index is 11.6. The molecule has 0 saturated heterocycles. The van der Waals surface area contributed by atoms with Gasteiger partial charge in [-0.2, -0.15) is 0 Å². The first-order chi connectivity index (χ1) is 9.04. The molecule has 2 unspecified atom stereocenters. The van der Waals surface area contributed by atoms with Crippen molar-refractivity contribution >= 4 is 5.97 Å². The molecule has 0 spiro atoms. The minimum Gasteiger partial charge on any atom is -0.465 e. The standard InChI is InChI=1S/C17H16O2/c1-9-7-14-10(2)11(3)16(9)13-6-5-12(8-15(13)14)17(18)19-4/h5-6,8,14,16H,1-3,7H2,4H3. The third-order valence-corrected chi connectivity index (χ3v) is 4.25. The SMILES string of the molecule is C=C1C(=C)C2C(=C)CC1c1cc(C(=O)OC)ccc12. The maximum atomic E-state index is 11.6. The molecule has 0 radical (unpaired) electrons. The number of allylic oxidation sites excluding steroid dienone is 3. The van der Waals surface area contributed by atoms with Crippen LogP contribution in [-0.2, 0) is 4.74 Å². The molecule has 0 heterocycles. The lowest BCUT2D eigenvalue weighted by molar-refractivity contribution is 0.0600. The first kappa shape index (κ1) is 12.0. The van der Waals surface area contributed by atoms with E-state index in [-0.39, 0.29) is 17.8 Å². The Bertz CT molecular complexity index is 637. The van der Waals surface area contributed by atoms with Gasteiger partial charge in [-0.3, -0.25) is 0 Å². The van der Waals surface area contributed by atoms with Crippen LogP contribution in [0.3, 0.4) is 0 Å². The Hall–Kier alpha value is -2.09. The van der Waals surface area contributed by atoms with E-state index in [0.717, 1.165) is 17.6 Å². The Morgan fingerprint density at radius 3 is 2.63 bits per heavy atom. The second-order valence-corrected chi connectivity index (χ2v) is 5.23. The van der Waals surface area contributed by atoms with Gasteiger partial charge in [-0.1, -0.05) is 31.4 Å². The average molecular weight is 252 g/mol. The van der Waals surface area contributed by atoms with Gasteiger partial charge in [-0.15, -0.1) is 0 Å². The molecule has 2 atom stereocenters. The van der Waals surface area contributed by atoms with Crippen LogP contribution in [0.5, 0.6) is 0 Å². The highest BCUT2D eigenvalue weighted by atomic mass is 16.5. The Morgan fingerprint density at radius 1 is 1.21 bits per heavy atom. The van der Waals surface area contributed by atoms with Crippen molar-refractivity contribution < 1.29 is 9.53 Å². The van der Waals surface area contributed by atoms with Gasteiger partial charge in [0.1, 0.15) is 0 Å². The maximum Gasteiger partial charge on any atom is 0.337 e. The first-order valence-electron chi connectivity index (χ1n) is 6.32. The second-order valence-electron chi connectivity index (χ2n) is 5.23. The molecule has 1 fully saturated rings. The summed E-state index contributed by atoms with van der Waals surface area (Å²) >= 11 is 0. The topological polar surface area (TPSA) is 26.3 Å². The summed E-state index contributed by atoms with van der Waals surface area (Å²) in [4.78, 5) is 11.6. The van der Waals surface area contributed by atoms with Crippen molar-refractivity contribution in [1.29, 1.82) is 0 Å². The largest absolute Gasteiger partial charge is 0.465 e. The molecule has 1 aromatic carbocycles. The van der Waals surface area contributed by atoms with Crippen LogP contribution in [0.25, 0.3) is 0 Å². The van der Waals surface area contributed by atoms with E-state index in [1.165, 1.54) is 23.8 Å². The number of benzene rings is 1. The molecule has 3 aliphatic rings. The molecule has 3 aliphatic carbocycles. The molecule has 2 nitrogen and oxygen atoms in total. The van der Waals surface area contributed by atoms with E-state index in [0.29, 0.717) is 5.56 Å². The van der Waals surface area contributed by atoms with Gasteiger partial charge < -0.3 is 4.74 Å². The summed E-state index contributed by atoms with van der Waals surface area (Å²) in [6.07, 6.45) is 0.903. The number of fused-ring (bicyclic) bond motifs is 2. The average Bonchev–Trinajstić information content (AvgIpc) is 2.42. The molecule has 0 aromatic heterocycles. The molecule has 4 rings (SSSR count). The molecule has 1 aromatic rings. The van der Waals surface area contributed by atoms with E-state index >= 15 is 0 Å². The lowest BCUT2D eigenvalue weighted by atomic mass is 9.60. The molecular weight excluding hydrogens is 236 g/mol. The fourth-order valence-electron chi connectivity index (χ4n) is 3.25. The fraction of sp³-hybridized carbons (Fsp3) is 0.235. The predicted molar refractivity (Wildman–Crippen MR) is 75.3 cm³/mol. The minimum atomic E-state index is -0.299. The molecule has 0 amide bonds.